The highest BCUT2D eigenvalue weighted by atomic mass is 16.3. The van der Waals surface area contributed by atoms with Gasteiger partial charge in [-0.05, 0) is 12.8 Å². The summed E-state index contributed by atoms with van der Waals surface area (Å²) in [6.45, 7) is 6.01. The van der Waals surface area contributed by atoms with Gasteiger partial charge >= 0.3 is 0 Å². The minimum atomic E-state index is -0.0477. The first kappa shape index (κ1) is 14.1. The molecule has 0 saturated carbocycles. The van der Waals surface area contributed by atoms with Crippen LogP contribution in [-0.4, -0.2) is 43.4 Å². The van der Waals surface area contributed by atoms with Gasteiger partial charge in [-0.2, -0.15) is 0 Å². The van der Waals surface area contributed by atoms with Crippen molar-refractivity contribution >= 4 is 0 Å². The fourth-order valence-electron chi connectivity index (χ4n) is 3.94. The molecule has 2 heterocycles. The SMILES string of the molecule is O[C@H]1CCC[NH+](C2CC[NH+](Cc3ccccc3)CC2)C1. The fraction of sp³-hybridized carbons (Fsp3) is 0.647. The van der Waals surface area contributed by atoms with Gasteiger partial charge in [0.25, 0.3) is 0 Å². The molecule has 2 saturated heterocycles. The van der Waals surface area contributed by atoms with Gasteiger partial charge in [0.05, 0.1) is 25.7 Å². The normalized spacial score (nSPS) is 34.9. The summed E-state index contributed by atoms with van der Waals surface area (Å²) in [6, 6.07) is 11.7. The maximum atomic E-state index is 9.83. The number of aliphatic hydroxyl groups is 1. The van der Waals surface area contributed by atoms with Crippen molar-refractivity contribution < 1.29 is 14.9 Å². The van der Waals surface area contributed by atoms with Crippen LogP contribution in [0.3, 0.4) is 0 Å². The third-order valence-corrected chi connectivity index (χ3v) is 5.10. The van der Waals surface area contributed by atoms with Gasteiger partial charge in [0.15, 0.2) is 0 Å². The standard InChI is InChI=1S/C17H26N2O/c20-17-7-4-10-19(14-17)16-8-11-18(12-9-16)13-15-5-2-1-3-6-15/h1-3,5-6,16-17,20H,4,7-14H2/p+2/t17-/m0/s1. The zero-order valence-corrected chi connectivity index (χ0v) is 12.4. The molecular weight excluding hydrogens is 248 g/mol. The maximum Gasteiger partial charge on any atom is 0.104 e. The van der Waals surface area contributed by atoms with Crippen molar-refractivity contribution in [2.45, 2.75) is 44.4 Å². The lowest BCUT2D eigenvalue weighted by atomic mass is 9.98. The molecule has 2 aliphatic heterocycles. The molecule has 3 N–H and O–H groups in total. The zero-order valence-electron chi connectivity index (χ0n) is 12.4. The molecule has 0 spiro atoms. The minimum absolute atomic E-state index is 0.0477. The van der Waals surface area contributed by atoms with Crippen LogP contribution in [0.15, 0.2) is 30.3 Å². The number of nitrogens with one attached hydrogen (secondary N) is 2. The number of rotatable bonds is 3. The Kier molecular flexibility index (Phi) is 4.71. The molecule has 0 amide bonds. The topological polar surface area (TPSA) is 29.1 Å². The lowest BCUT2D eigenvalue weighted by molar-refractivity contribution is -0.967. The molecule has 110 valence electrons. The molecule has 0 bridgehead atoms. The molecule has 2 aliphatic rings. The van der Waals surface area contributed by atoms with Gasteiger partial charge in [0, 0.05) is 18.4 Å². The van der Waals surface area contributed by atoms with E-state index in [4.69, 9.17) is 0 Å². The first-order chi connectivity index (χ1) is 9.81. The Balaban J connectivity index is 1.47. The van der Waals surface area contributed by atoms with Crippen LogP contribution in [0.25, 0.3) is 0 Å². The Morgan fingerprint density at radius 2 is 1.75 bits per heavy atom. The van der Waals surface area contributed by atoms with E-state index in [1.165, 1.54) is 51.0 Å². The summed E-state index contributed by atoms with van der Waals surface area (Å²) in [5.41, 5.74) is 1.46. The summed E-state index contributed by atoms with van der Waals surface area (Å²) >= 11 is 0. The first-order valence-corrected chi connectivity index (χ1v) is 8.21. The Bertz CT molecular complexity index is 401. The summed E-state index contributed by atoms with van der Waals surface area (Å²) in [5, 5.41) is 9.83. The second-order valence-electron chi connectivity index (χ2n) is 6.60. The number of quaternary nitrogens is 2. The Labute approximate surface area is 122 Å². The third kappa shape index (κ3) is 3.60. The van der Waals surface area contributed by atoms with E-state index in [-0.39, 0.29) is 6.10 Å². The van der Waals surface area contributed by atoms with Gasteiger partial charge < -0.3 is 14.9 Å². The molecule has 2 fully saturated rings. The molecule has 3 rings (SSSR count). The quantitative estimate of drug-likeness (QED) is 0.668. The smallest absolute Gasteiger partial charge is 0.104 e. The lowest BCUT2D eigenvalue weighted by Crippen LogP contribution is -3.21. The average molecular weight is 276 g/mol. The van der Waals surface area contributed by atoms with Crippen LogP contribution >= 0.6 is 0 Å². The largest absolute Gasteiger partial charge is 0.387 e. The fourth-order valence-corrected chi connectivity index (χ4v) is 3.94. The van der Waals surface area contributed by atoms with Crippen molar-refractivity contribution in [2.24, 2.45) is 0 Å². The van der Waals surface area contributed by atoms with Gasteiger partial charge in [-0.1, -0.05) is 30.3 Å². The van der Waals surface area contributed by atoms with Gasteiger partial charge in [0.2, 0.25) is 0 Å². The van der Waals surface area contributed by atoms with Gasteiger partial charge in [0.1, 0.15) is 19.2 Å². The lowest BCUT2D eigenvalue weighted by Gasteiger charge is -2.37. The second kappa shape index (κ2) is 6.70. The Hall–Kier alpha value is -0.900. The van der Waals surface area contributed by atoms with E-state index < -0.39 is 0 Å². The monoisotopic (exact) mass is 276 g/mol. The van der Waals surface area contributed by atoms with Crippen LogP contribution in [0.1, 0.15) is 31.2 Å². The predicted molar refractivity (Wildman–Crippen MR) is 79.8 cm³/mol. The molecule has 1 aromatic rings. The Morgan fingerprint density at radius 3 is 2.45 bits per heavy atom. The number of piperidine rings is 2. The molecule has 20 heavy (non-hydrogen) atoms. The molecule has 0 radical (unpaired) electrons. The van der Waals surface area contributed by atoms with E-state index in [1.807, 2.05) is 0 Å². The molecular formula is C17H28N2O+2. The highest BCUT2D eigenvalue weighted by molar-refractivity contribution is 5.13. The Morgan fingerprint density at radius 1 is 1.00 bits per heavy atom. The van der Waals surface area contributed by atoms with Crippen LogP contribution in [-0.2, 0) is 6.54 Å². The summed E-state index contributed by atoms with van der Waals surface area (Å²) < 4.78 is 0. The molecule has 0 aliphatic carbocycles. The molecule has 3 heteroatoms. The van der Waals surface area contributed by atoms with E-state index >= 15 is 0 Å². The number of likely N-dealkylation sites (tertiary alicyclic amines) is 2. The van der Waals surface area contributed by atoms with E-state index in [1.54, 1.807) is 9.80 Å². The van der Waals surface area contributed by atoms with E-state index in [9.17, 15) is 5.11 Å². The molecule has 3 nitrogen and oxygen atoms in total. The van der Waals surface area contributed by atoms with Crippen LogP contribution < -0.4 is 9.80 Å². The summed E-state index contributed by atoms with van der Waals surface area (Å²) in [4.78, 5) is 3.40. The predicted octanol–water partition coefficient (Wildman–Crippen LogP) is -0.726. The number of aliphatic hydroxyl groups excluding tert-OH is 1. The number of hydrogen-bond donors (Lipinski definition) is 3. The highest BCUT2D eigenvalue weighted by Gasteiger charge is 2.32. The van der Waals surface area contributed by atoms with Gasteiger partial charge in [-0.15, -0.1) is 0 Å². The van der Waals surface area contributed by atoms with Crippen LogP contribution in [0.4, 0.5) is 0 Å². The zero-order chi connectivity index (χ0) is 13.8. The van der Waals surface area contributed by atoms with Crippen LogP contribution in [0, 0.1) is 0 Å². The summed E-state index contributed by atoms with van der Waals surface area (Å²) in [5.74, 6) is 0. The van der Waals surface area contributed by atoms with Crippen molar-refractivity contribution in [1.29, 1.82) is 0 Å². The third-order valence-electron chi connectivity index (χ3n) is 5.10. The number of benzene rings is 1. The van der Waals surface area contributed by atoms with Gasteiger partial charge in [-0.25, -0.2) is 0 Å². The van der Waals surface area contributed by atoms with Crippen LogP contribution in [0.2, 0.25) is 0 Å². The summed E-state index contributed by atoms with van der Waals surface area (Å²) in [7, 11) is 0. The molecule has 2 atom stereocenters. The van der Waals surface area contributed by atoms with E-state index in [0.29, 0.717) is 0 Å². The van der Waals surface area contributed by atoms with Crippen molar-refractivity contribution in [1.82, 2.24) is 0 Å². The molecule has 1 aromatic carbocycles. The molecule has 0 aromatic heterocycles. The van der Waals surface area contributed by atoms with Crippen LogP contribution in [0.5, 0.6) is 0 Å². The van der Waals surface area contributed by atoms with Gasteiger partial charge in [-0.3, -0.25) is 0 Å². The van der Waals surface area contributed by atoms with Crippen molar-refractivity contribution in [3.05, 3.63) is 35.9 Å². The van der Waals surface area contributed by atoms with E-state index in [2.05, 4.69) is 30.3 Å². The number of hydrogen-bond acceptors (Lipinski definition) is 1. The highest BCUT2D eigenvalue weighted by Crippen LogP contribution is 2.03. The second-order valence-corrected chi connectivity index (χ2v) is 6.60. The molecule has 1 unspecified atom stereocenters. The van der Waals surface area contributed by atoms with Crippen molar-refractivity contribution in [2.75, 3.05) is 26.2 Å². The van der Waals surface area contributed by atoms with E-state index in [0.717, 1.165) is 19.0 Å². The van der Waals surface area contributed by atoms with Crippen molar-refractivity contribution in [3.63, 3.8) is 0 Å². The first-order valence-electron chi connectivity index (χ1n) is 8.21. The summed E-state index contributed by atoms with van der Waals surface area (Å²) in [6.07, 6.45) is 4.82. The average Bonchev–Trinajstić information content (AvgIpc) is 2.49. The maximum absolute atomic E-state index is 9.83. The van der Waals surface area contributed by atoms with Crippen molar-refractivity contribution in [3.8, 4) is 0 Å². The minimum Gasteiger partial charge on any atom is -0.387 e.